The Bertz CT molecular complexity index is 735. The van der Waals surface area contributed by atoms with Crippen LogP contribution >= 0.6 is 0 Å². The van der Waals surface area contributed by atoms with E-state index in [4.69, 9.17) is 4.74 Å². The van der Waals surface area contributed by atoms with Crippen LogP contribution in [0.5, 0.6) is 0 Å². The first-order valence-electron chi connectivity index (χ1n) is 9.30. The van der Waals surface area contributed by atoms with Gasteiger partial charge < -0.3 is 9.64 Å². The van der Waals surface area contributed by atoms with Crippen LogP contribution in [0.1, 0.15) is 24.0 Å². The second kappa shape index (κ2) is 7.10. The topological polar surface area (TPSA) is 29.5 Å². The monoisotopic (exact) mass is 353 g/mol. The first-order valence-corrected chi connectivity index (χ1v) is 9.30. The van der Waals surface area contributed by atoms with Gasteiger partial charge in [-0.15, -0.1) is 0 Å². The highest BCUT2D eigenvalue weighted by atomic mass is 19.1. The Labute approximate surface area is 153 Å². The lowest BCUT2D eigenvalue weighted by atomic mass is 9.93. The first-order chi connectivity index (χ1) is 12.6. The maximum atomic E-state index is 15.3. The number of nitrogens with zero attached hydrogens (tertiary/aromatic N) is 1. The van der Waals surface area contributed by atoms with E-state index in [0.717, 1.165) is 11.1 Å². The van der Waals surface area contributed by atoms with Gasteiger partial charge in [0.15, 0.2) is 0 Å². The summed E-state index contributed by atoms with van der Waals surface area (Å²) in [5.41, 5.74) is 0.886. The SMILES string of the molecule is O=C(OCc1ccccc1)N1C[C@@H]2C[C@@](F)(Cc3ccccc3)C[C@@H]2C1. The smallest absolute Gasteiger partial charge is 0.410 e. The Balaban J connectivity index is 1.30. The molecule has 2 aromatic rings. The molecule has 4 rings (SSSR count). The van der Waals surface area contributed by atoms with E-state index >= 15 is 4.39 Å². The number of benzene rings is 2. The molecule has 0 spiro atoms. The molecule has 0 unspecified atom stereocenters. The van der Waals surface area contributed by atoms with Gasteiger partial charge in [0.1, 0.15) is 12.3 Å². The lowest BCUT2D eigenvalue weighted by molar-refractivity contribution is 0.0946. The molecule has 0 N–H and O–H groups in total. The second-order valence-corrected chi connectivity index (χ2v) is 7.69. The molecule has 0 radical (unpaired) electrons. The third-order valence-corrected chi connectivity index (χ3v) is 5.66. The normalized spacial score (nSPS) is 27.3. The van der Waals surface area contributed by atoms with Crippen LogP contribution in [0.3, 0.4) is 0 Å². The molecule has 136 valence electrons. The van der Waals surface area contributed by atoms with Crippen LogP contribution in [0.25, 0.3) is 0 Å². The average Bonchev–Trinajstić information content (AvgIpc) is 3.16. The molecular weight excluding hydrogens is 329 g/mol. The van der Waals surface area contributed by atoms with Crippen molar-refractivity contribution in [1.29, 1.82) is 0 Å². The van der Waals surface area contributed by atoms with Gasteiger partial charge in [-0.05, 0) is 35.8 Å². The molecule has 1 amide bonds. The lowest BCUT2D eigenvalue weighted by Crippen LogP contribution is -2.33. The minimum absolute atomic E-state index is 0.244. The van der Waals surface area contributed by atoms with Crippen molar-refractivity contribution in [3.8, 4) is 0 Å². The fourth-order valence-corrected chi connectivity index (χ4v) is 4.49. The average molecular weight is 353 g/mol. The van der Waals surface area contributed by atoms with Gasteiger partial charge in [-0.25, -0.2) is 9.18 Å². The number of amides is 1. The zero-order valence-electron chi connectivity index (χ0n) is 14.8. The van der Waals surface area contributed by atoms with Gasteiger partial charge in [0.25, 0.3) is 0 Å². The predicted octanol–water partition coefficient (Wildman–Crippen LogP) is 4.62. The third kappa shape index (κ3) is 3.74. The standard InChI is InChI=1S/C22H24FNO2/c23-22(11-17-7-3-1-4-8-17)12-19-14-24(15-20(19)13-22)21(25)26-16-18-9-5-2-6-10-18/h1-10,19-20H,11-16H2/t19-,20+,22-. The molecule has 2 aliphatic rings. The number of fused-ring (bicyclic) bond motifs is 1. The molecule has 1 saturated heterocycles. The van der Waals surface area contributed by atoms with E-state index in [1.54, 1.807) is 4.90 Å². The van der Waals surface area contributed by atoms with Crippen LogP contribution < -0.4 is 0 Å². The van der Waals surface area contributed by atoms with E-state index in [0.29, 0.717) is 32.4 Å². The summed E-state index contributed by atoms with van der Waals surface area (Å²) in [6.07, 6.45) is 1.26. The minimum atomic E-state index is -1.14. The minimum Gasteiger partial charge on any atom is -0.445 e. The molecule has 26 heavy (non-hydrogen) atoms. The second-order valence-electron chi connectivity index (χ2n) is 7.69. The molecule has 3 nitrogen and oxygen atoms in total. The number of carbonyl (C=O) groups is 1. The molecular formula is C22H24FNO2. The summed E-state index contributed by atoms with van der Waals surface area (Å²) in [5.74, 6) is 0.487. The number of halogens is 1. The number of hydrogen-bond donors (Lipinski definition) is 0. The third-order valence-electron chi connectivity index (χ3n) is 5.66. The number of rotatable bonds is 4. The highest BCUT2D eigenvalue weighted by Gasteiger charge is 2.50. The van der Waals surface area contributed by atoms with Crippen molar-refractivity contribution in [2.75, 3.05) is 13.1 Å². The van der Waals surface area contributed by atoms with Crippen molar-refractivity contribution in [1.82, 2.24) is 4.90 Å². The fourth-order valence-electron chi connectivity index (χ4n) is 4.49. The van der Waals surface area contributed by atoms with Crippen LogP contribution in [0, 0.1) is 11.8 Å². The molecule has 2 fully saturated rings. The summed E-state index contributed by atoms with van der Waals surface area (Å²) in [6, 6.07) is 19.5. The molecule has 0 bridgehead atoms. The summed E-state index contributed by atoms with van der Waals surface area (Å²) in [4.78, 5) is 14.1. The Morgan fingerprint density at radius 1 is 0.962 bits per heavy atom. The fraction of sp³-hybridized carbons (Fsp3) is 0.409. The van der Waals surface area contributed by atoms with Crippen LogP contribution in [0.15, 0.2) is 60.7 Å². The highest BCUT2D eigenvalue weighted by molar-refractivity contribution is 5.68. The first kappa shape index (κ1) is 17.1. The Morgan fingerprint density at radius 2 is 1.50 bits per heavy atom. The Morgan fingerprint density at radius 3 is 2.08 bits per heavy atom. The lowest BCUT2D eigenvalue weighted by Gasteiger charge is -2.23. The van der Waals surface area contributed by atoms with Crippen molar-refractivity contribution in [3.05, 3.63) is 71.8 Å². The van der Waals surface area contributed by atoms with Gasteiger partial charge in [0, 0.05) is 19.5 Å². The summed E-state index contributed by atoms with van der Waals surface area (Å²) >= 11 is 0. The van der Waals surface area contributed by atoms with Crippen molar-refractivity contribution >= 4 is 6.09 Å². The van der Waals surface area contributed by atoms with E-state index in [1.807, 2.05) is 60.7 Å². The maximum absolute atomic E-state index is 15.3. The maximum Gasteiger partial charge on any atom is 0.410 e. The summed E-state index contributed by atoms with van der Waals surface area (Å²) < 4.78 is 20.7. The van der Waals surface area contributed by atoms with Crippen LogP contribution in [0.4, 0.5) is 9.18 Å². The summed E-state index contributed by atoms with van der Waals surface area (Å²) in [7, 11) is 0. The molecule has 1 aliphatic carbocycles. The van der Waals surface area contributed by atoms with Crippen LogP contribution in [-0.2, 0) is 17.8 Å². The molecule has 1 saturated carbocycles. The largest absolute Gasteiger partial charge is 0.445 e. The van der Waals surface area contributed by atoms with Crippen LogP contribution in [0.2, 0.25) is 0 Å². The van der Waals surface area contributed by atoms with Crippen molar-refractivity contribution in [2.24, 2.45) is 11.8 Å². The number of ether oxygens (including phenoxy) is 1. The van der Waals surface area contributed by atoms with Crippen LogP contribution in [-0.4, -0.2) is 29.8 Å². The number of likely N-dealkylation sites (tertiary alicyclic amines) is 1. The van der Waals surface area contributed by atoms with Gasteiger partial charge in [-0.3, -0.25) is 0 Å². The zero-order chi connectivity index (χ0) is 18.0. The van der Waals surface area contributed by atoms with Gasteiger partial charge >= 0.3 is 6.09 Å². The van der Waals surface area contributed by atoms with E-state index in [2.05, 4.69) is 0 Å². The summed E-state index contributed by atoms with van der Waals surface area (Å²) in [5, 5.41) is 0. The molecule has 3 atom stereocenters. The zero-order valence-corrected chi connectivity index (χ0v) is 14.8. The van der Waals surface area contributed by atoms with Gasteiger partial charge in [-0.1, -0.05) is 60.7 Å². The Kier molecular flexibility index (Phi) is 4.66. The van der Waals surface area contributed by atoms with Crippen molar-refractivity contribution in [2.45, 2.75) is 31.5 Å². The van der Waals surface area contributed by atoms with E-state index in [1.165, 1.54) is 0 Å². The molecule has 4 heteroatoms. The Hall–Kier alpha value is -2.36. The van der Waals surface area contributed by atoms with Crippen molar-refractivity contribution < 1.29 is 13.9 Å². The molecule has 1 heterocycles. The van der Waals surface area contributed by atoms with E-state index in [9.17, 15) is 4.79 Å². The predicted molar refractivity (Wildman–Crippen MR) is 98.4 cm³/mol. The van der Waals surface area contributed by atoms with E-state index < -0.39 is 5.67 Å². The van der Waals surface area contributed by atoms with Gasteiger partial charge in [0.2, 0.25) is 0 Å². The number of hydrogen-bond acceptors (Lipinski definition) is 2. The number of alkyl halides is 1. The highest BCUT2D eigenvalue weighted by Crippen LogP contribution is 2.47. The van der Waals surface area contributed by atoms with Crippen molar-refractivity contribution in [3.63, 3.8) is 0 Å². The summed E-state index contributed by atoms with van der Waals surface area (Å²) in [6.45, 7) is 1.50. The van der Waals surface area contributed by atoms with Gasteiger partial charge in [-0.2, -0.15) is 0 Å². The van der Waals surface area contributed by atoms with Gasteiger partial charge in [0.05, 0.1) is 0 Å². The van der Waals surface area contributed by atoms with E-state index in [-0.39, 0.29) is 24.5 Å². The quantitative estimate of drug-likeness (QED) is 0.803. The molecule has 1 aliphatic heterocycles. The molecule has 2 aromatic carbocycles. The number of carbonyl (C=O) groups excluding carboxylic acids is 1. The molecule has 0 aromatic heterocycles.